The zero-order valence-electron chi connectivity index (χ0n) is 7.50. The fraction of sp³-hybridized carbons (Fsp3) is 0.444. The van der Waals surface area contributed by atoms with Gasteiger partial charge in [-0.3, -0.25) is 0 Å². The fourth-order valence-corrected chi connectivity index (χ4v) is 0.626. The van der Waals surface area contributed by atoms with Crippen LogP contribution in [0.15, 0.2) is 24.5 Å². The summed E-state index contributed by atoms with van der Waals surface area (Å²) in [7, 11) is 0. The molecule has 0 radical (unpaired) electrons. The van der Waals surface area contributed by atoms with E-state index in [-0.39, 0.29) is 0 Å². The second-order valence-corrected chi connectivity index (χ2v) is 1.94. The largest absolute Gasteiger partial charge is 0.494 e. The minimum absolute atomic E-state index is 0.367. The maximum atomic E-state index is 10.9. The average Bonchev–Trinajstić information content (AvgIpc) is 2.04. The SMILES string of the molecule is C=CC(=CC(=O)OCC)OCC. The van der Waals surface area contributed by atoms with E-state index in [2.05, 4.69) is 11.3 Å². The maximum absolute atomic E-state index is 10.9. The molecular weight excluding hydrogens is 156 g/mol. The van der Waals surface area contributed by atoms with Crippen molar-refractivity contribution in [2.45, 2.75) is 13.8 Å². The average molecular weight is 170 g/mol. The Morgan fingerprint density at radius 1 is 1.33 bits per heavy atom. The van der Waals surface area contributed by atoms with Crippen molar-refractivity contribution >= 4 is 5.97 Å². The van der Waals surface area contributed by atoms with Gasteiger partial charge in [0.2, 0.25) is 0 Å². The smallest absolute Gasteiger partial charge is 0.334 e. The summed E-state index contributed by atoms with van der Waals surface area (Å²) in [6.45, 7) is 7.96. The third-order valence-electron chi connectivity index (χ3n) is 1.06. The quantitative estimate of drug-likeness (QED) is 0.272. The summed E-state index contributed by atoms with van der Waals surface area (Å²) < 4.78 is 9.73. The van der Waals surface area contributed by atoms with Crippen molar-refractivity contribution in [1.82, 2.24) is 0 Å². The first-order chi connectivity index (χ1) is 5.74. The molecular formula is C9H14O3. The van der Waals surface area contributed by atoms with Crippen molar-refractivity contribution < 1.29 is 14.3 Å². The van der Waals surface area contributed by atoms with E-state index in [1.54, 1.807) is 6.92 Å². The van der Waals surface area contributed by atoms with Crippen LogP contribution < -0.4 is 0 Å². The van der Waals surface area contributed by atoms with Crippen LogP contribution in [0.25, 0.3) is 0 Å². The molecule has 0 amide bonds. The summed E-state index contributed by atoms with van der Waals surface area (Å²) in [5.41, 5.74) is 0. The molecule has 0 aliphatic heterocycles. The van der Waals surface area contributed by atoms with Crippen LogP contribution >= 0.6 is 0 Å². The molecule has 0 saturated carbocycles. The molecule has 0 aliphatic carbocycles. The lowest BCUT2D eigenvalue weighted by Gasteiger charge is -2.02. The Balaban J connectivity index is 4.07. The summed E-state index contributed by atoms with van der Waals surface area (Å²) in [5, 5.41) is 0. The topological polar surface area (TPSA) is 35.5 Å². The zero-order chi connectivity index (χ0) is 9.40. The Bertz CT molecular complexity index is 182. The van der Waals surface area contributed by atoms with Crippen molar-refractivity contribution in [2.75, 3.05) is 13.2 Å². The van der Waals surface area contributed by atoms with Gasteiger partial charge >= 0.3 is 5.97 Å². The Morgan fingerprint density at radius 2 is 1.92 bits per heavy atom. The third-order valence-corrected chi connectivity index (χ3v) is 1.06. The summed E-state index contributed by atoms with van der Waals surface area (Å²) in [6.07, 6.45) is 2.75. The van der Waals surface area contributed by atoms with Crippen LogP contribution in [-0.4, -0.2) is 19.2 Å². The number of ether oxygens (including phenoxy) is 2. The predicted octanol–water partition coefficient (Wildman–Crippen LogP) is 1.66. The first kappa shape index (κ1) is 10.8. The van der Waals surface area contributed by atoms with Crippen molar-refractivity contribution in [1.29, 1.82) is 0 Å². The van der Waals surface area contributed by atoms with E-state index in [9.17, 15) is 4.79 Å². The van der Waals surface area contributed by atoms with Crippen molar-refractivity contribution in [2.24, 2.45) is 0 Å². The number of hydrogen-bond acceptors (Lipinski definition) is 3. The highest BCUT2D eigenvalue weighted by Gasteiger charge is 1.98. The first-order valence-electron chi connectivity index (χ1n) is 3.88. The van der Waals surface area contributed by atoms with E-state index in [4.69, 9.17) is 4.74 Å². The highest BCUT2D eigenvalue weighted by Crippen LogP contribution is 1.98. The summed E-state index contributed by atoms with van der Waals surface area (Å²) >= 11 is 0. The standard InChI is InChI=1S/C9H14O3/c1-4-8(11-5-2)7-9(10)12-6-3/h4,7H,1,5-6H2,2-3H3. The van der Waals surface area contributed by atoms with Gasteiger partial charge in [0.05, 0.1) is 19.3 Å². The molecule has 12 heavy (non-hydrogen) atoms. The van der Waals surface area contributed by atoms with Gasteiger partial charge in [-0.15, -0.1) is 0 Å². The second-order valence-electron chi connectivity index (χ2n) is 1.94. The molecule has 0 unspecified atom stereocenters. The summed E-state index contributed by atoms with van der Waals surface area (Å²) in [5.74, 6) is 0.0387. The molecule has 0 N–H and O–H groups in total. The van der Waals surface area contributed by atoms with Crippen molar-refractivity contribution in [3.8, 4) is 0 Å². The Labute approximate surface area is 72.7 Å². The summed E-state index contributed by atoms with van der Waals surface area (Å²) in [4.78, 5) is 10.9. The molecule has 0 aromatic rings. The van der Waals surface area contributed by atoms with Gasteiger partial charge in [-0.05, 0) is 19.9 Å². The second kappa shape index (κ2) is 6.46. The van der Waals surface area contributed by atoms with Gasteiger partial charge in [0.25, 0.3) is 0 Å². The lowest BCUT2D eigenvalue weighted by Crippen LogP contribution is -2.01. The molecule has 0 fully saturated rings. The number of hydrogen-bond donors (Lipinski definition) is 0. The van der Waals surface area contributed by atoms with E-state index in [0.29, 0.717) is 19.0 Å². The van der Waals surface area contributed by atoms with Gasteiger partial charge in [0.1, 0.15) is 5.76 Å². The van der Waals surface area contributed by atoms with Gasteiger partial charge in [-0.2, -0.15) is 0 Å². The van der Waals surface area contributed by atoms with E-state index in [1.165, 1.54) is 12.2 Å². The number of rotatable bonds is 5. The number of allylic oxidation sites excluding steroid dienone is 1. The van der Waals surface area contributed by atoms with Crippen molar-refractivity contribution in [3.05, 3.63) is 24.5 Å². The monoisotopic (exact) mass is 170 g/mol. The van der Waals surface area contributed by atoms with E-state index in [0.717, 1.165) is 0 Å². The van der Waals surface area contributed by atoms with E-state index < -0.39 is 5.97 Å². The molecule has 0 bridgehead atoms. The van der Waals surface area contributed by atoms with Crippen LogP contribution in [0.5, 0.6) is 0 Å². The molecule has 3 nitrogen and oxygen atoms in total. The van der Waals surface area contributed by atoms with Crippen LogP contribution in [0.1, 0.15) is 13.8 Å². The molecule has 0 aromatic carbocycles. The number of esters is 1. The van der Waals surface area contributed by atoms with Crippen LogP contribution in [0.2, 0.25) is 0 Å². The Kier molecular flexibility index (Phi) is 5.79. The molecule has 0 spiro atoms. The highest BCUT2D eigenvalue weighted by atomic mass is 16.5. The molecule has 68 valence electrons. The van der Waals surface area contributed by atoms with Gasteiger partial charge in [-0.1, -0.05) is 6.58 Å². The predicted molar refractivity (Wildman–Crippen MR) is 46.5 cm³/mol. The minimum Gasteiger partial charge on any atom is -0.494 e. The Morgan fingerprint density at radius 3 is 2.33 bits per heavy atom. The van der Waals surface area contributed by atoms with E-state index in [1.807, 2.05) is 6.92 Å². The normalized spacial score (nSPS) is 10.7. The van der Waals surface area contributed by atoms with Gasteiger partial charge in [0, 0.05) is 0 Å². The highest BCUT2D eigenvalue weighted by molar-refractivity contribution is 5.82. The van der Waals surface area contributed by atoms with Gasteiger partial charge in [0.15, 0.2) is 0 Å². The molecule has 0 rings (SSSR count). The molecule has 0 aliphatic rings. The fourth-order valence-electron chi connectivity index (χ4n) is 0.626. The molecule has 0 heterocycles. The summed E-state index contributed by atoms with van der Waals surface area (Å²) in [6, 6.07) is 0. The lowest BCUT2D eigenvalue weighted by atomic mass is 10.4. The molecule has 3 heteroatoms. The van der Waals surface area contributed by atoms with Gasteiger partial charge < -0.3 is 9.47 Å². The number of carbonyl (C=O) groups is 1. The number of carbonyl (C=O) groups excluding carboxylic acids is 1. The van der Waals surface area contributed by atoms with Crippen molar-refractivity contribution in [3.63, 3.8) is 0 Å². The third kappa shape index (κ3) is 4.55. The zero-order valence-corrected chi connectivity index (χ0v) is 7.50. The first-order valence-corrected chi connectivity index (χ1v) is 3.88. The van der Waals surface area contributed by atoms with Gasteiger partial charge in [-0.25, -0.2) is 4.79 Å². The molecule has 0 saturated heterocycles. The van der Waals surface area contributed by atoms with Crippen LogP contribution in [0, 0.1) is 0 Å². The Hall–Kier alpha value is -1.25. The maximum Gasteiger partial charge on any atom is 0.334 e. The molecule has 0 atom stereocenters. The minimum atomic E-state index is -0.402. The van der Waals surface area contributed by atoms with Crippen LogP contribution in [-0.2, 0) is 14.3 Å². The van der Waals surface area contributed by atoms with E-state index >= 15 is 0 Å². The van der Waals surface area contributed by atoms with Crippen LogP contribution in [0.3, 0.4) is 0 Å². The van der Waals surface area contributed by atoms with Crippen LogP contribution in [0.4, 0.5) is 0 Å². The molecule has 0 aromatic heterocycles. The lowest BCUT2D eigenvalue weighted by molar-refractivity contribution is -0.137.